The molecule has 1 aliphatic rings. The van der Waals surface area contributed by atoms with Crippen molar-refractivity contribution in [1.82, 2.24) is 4.90 Å². The molecule has 1 heterocycles. The number of hydrogen-bond acceptors (Lipinski definition) is 4. The Morgan fingerprint density at radius 2 is 1.77 bits per heavy atom. The molecule has 1 aliphatic heterocycles. The Bertz CT molecular complexity index is 689. The molecule has 0 spiro atoms. The molecule has 2 aromatic carbocycles. The van der Waals surface area contributed by atoms with Crippen molar-refractivity contribution in [2.24, 2.45) is 0 Å². The maximum absolute atomic E-state index is 10.3. The quantitative estimate of drug-likeness (QED) is 0.668. The predicted molar refractivity (Wildman–Crippen MR) is 104 cm³/mol. The molecule has 0 bridgehead atoms. The summed E-state index contributed by atoms with van der Waals surface area (Å²) in [6.45, 7) is 1.94. The summed E-state index contributed by atoms with van der Waals surface area (Å²) in [6, 6.07) is 16.4. The normalized spacial score (nSPS) is 21.0. The summed E-state index contributed by atoms with van der Waals surface area (Å²) in [4.78, 5) is 2.39. The van der Waals surface area contributed by atoms with Gasteiger partial charge in [-0.15, -0.1) is 0 Å². The van der Waals surface area contributed by atoms with E-state index >= 15 is 0 Å². The van der Waals surface area contributed by atoms with Crippen LogP contribution in [0.25, 0.3) is 11.1 Å². The van der Waals surface area contributed by atoms with Gasteiger partial charge in [-0.2, -0.15) is 0 Å². The summed E-state index contributed by atoms with van der Waals surface area (Å²) in [5.74, 6) is 0. The molecule has 0 amide bonds. The van der Waals surface area contributed by atoms with E-state index in [0.29, 0.717) is 6.42 Å². The highest BCUT2D eigenvalue weighted by molar-refractivity contribution is 5.69. The minimum absolute atomic E-state index is 0.0164. The van der Waals surface area contributed by atoms with Gasteiger partial charge in [0.2, 0.25) is 0 Å². The second-order valence-electron chi connectivity index (χ2n) is 7.06. The van der Waals surface area contributed by atoms with Crippen LogP contribution >= 0.6 is 0 Å². The molecule has 0 radical (unpaired) electrons. The fourth-order valence-electron chi connectivity index (χ4n) is 3.99. The number of rotatable bonds is 7. The van der Waals surface area contributed by atoms with Gasteiger partial charge >= 0.3 is 0 Å². The molecule has 4 nitrogen and oxygen atoms in total. The number of benzene rings is 2. The van der Waals surface area contributed by atoms with E-state index in [0.717, 1.165) is 54.6 Å². The molecule has 0 aromatic heterocycles. The van der Waals surface area contributed by atoms with Crippen LogP contribution in [0.4, 0.5) is 0 Å². The molecule has 0 aliphatic carbocycles. The van der Waals surface area contributed by atoms with Crippen molar-refractivity contribution in [1.29, 1.82) is 0 Å². The van der Waals surface area contributed by atoms with Crippen molar-refractivity contribution >= 4 is 0 Å². The number of aliphatic hydroxyl groups is 3. The van der Waals surface area contributed by atoms with Gasteiger partial charge in [-0.1, -0.05) is 48.5 Å². The largest absolute Gasteiger partial charge is 0.396 e. The van der Waals surface area contributed by atoms with Gasteiger partial charge in [0.15, 0.2) is 0 Å². The van der Waals surface area contributed by atoms with Gasteiger partial charge in [-0.05, 0) is 54.5 Å². The van der Waals surface area contributed by atoms with Gasteiger partial charge in [0.05, 0.1) is 12.7 Å². The maximum Gasteiger partial charge on any atom is 0.0691 e. The standard InChI is InChI=1S/C22H29NO3/c24-14-5-4-12-23-13-11-18(26)15-22(23)20-10-6-9-19(21(20)16-25)17-7-2-1-3-8-17/h1-3,6-10,18,22,24-26H,4-5,11-16H2. The molecule has 3 rings (SSSR count). The number of likely N-dealkylation sites (tertiary alicyclic amines) is 1. The number of aliphatic hydroxyl groups excluding tert-OH is 3. The number of hydrogen-bond donors (Lipinski definition) is 3. The number of piperidine rings is 1. The van der Waals surface area contributed by atoms with E-state index in [4.69, 9.17) is 5.11 Å². The SMILES string of the molecule is OCCCCN1CCC(O)CC1c1cccc(-c2ccccc2)c1CO. The van der Waals surface area contributed by atoms with Gasteiger partial charge in [0.1, 0.15) is 0 Å². The second kappa shape index (κ2) is 9.28. The molecule has 4 heteroatoms. The van der Waals surface area contributed by atoms with Gasteiger partial charge in [0.25, 0.3) is 0 Å². The monoisotopic (exact) mass is 355 g/mol. The fourth-order valence-corrected chi connectivity index (χ4v) is 3.99. The molecule has 2 unspecified atom stereocenters. The first-order valence-corrected chi connectivity index (χ1v) is 9.55. The average Bonchev–Trinajstić information content (AvgIpc) is 2.69. The van der Waals surface area contributed by atoms with Crippen molar-refractivity contribution in [2.75, 3.05) is 19.7 Å². The summed E-state index contributed by atoms with van der Waals surface area (Å²) >= 11 is 0. The van der Waals surface area contributed by atoms with Crippen LogP contribution in [0.2, 0.25) is 0 Å². The minimum atomic E-state index is -0.305. The summed E-state index contributed by atoms with van der Waals surface area (Å²) in [5, 5.41) is 29.5. The molecular formula is C22H29NO3. The average molecular weight is 355 g/mol. The third-order valence-electron chi connectivity index (χ3n) is 5.35. The molecule has 2 atom stereocenters. The summed E-state index contributed by atoms with van der Waals surface area (Å²) in [5.41, 5.74) is 4.21. The molecule has 26 heavy (non-hydrogen) atoms. The first kappa shape index (κ1) is 19.1. The molecule has 1 saturated heterocycles. The Hall–Kier alpha value is -1.72. The lowest BCUT2D eigenvalue weighted by Gasteiger charge is -2.39. The van der Waals surface area contributed by atoms with Gasteiger partial charge < -0.3 is 15.3 Å². The van der Waals surface area contributed by atoms with Crippen molar-refractivity contribution < 1.29 is 15.3 Å². The highest BCUT2D eigenvalue weighted by Crippen LogP contribution is 2.37. The molecular weight excluding hydrogens is 326 g/mol. The van der Waals surface area contributed by atoms with Crippen molar-refractivity contribution in [3.63, 3.8) is 0 Å². The first-order valence-electron chi connectivity index (χ1n) is 9.55. The molecule has 3 N–H and O–H groups in total. The zero-order chi connectivity index (χ0) is 18.4. The van der Waals surface area contributed by atoms with E-state index in [-0.39, 0.29) is 25.4 Å². The van der Waals surface area contributed by atoms with Crippen LogP contribution < -0.4 is 0 Å². The van der Waals surface area contributed by atoms with Gasteiger partial charge in [-0.3, -0.25) is 4.90 Å². The first-order chi connectivity index (χ1) is 12.7. The van der Waals surface area contributed by atoms with Crippen LogP contribution in [0, 0.1) is 0 Å². The number of nitrogens with zero attached hydrogens (tertiary/aromatic N) is 1. The molecule has 140 valence electrons. The predicted octanol–water partition coefficient (Wildman–Crippen LogP) is 3.12. The lowest BCUT2D eigenvalue weighted by Crippen LogP contribution is -2.39. The third kappa shape index (κ3) is 4.33. The Balaban J connectivity index is 1.94. The van der Waals surface area contributed by atoms with E-state index in [1.165, 1.54) is 0 Å². The highest BCUT2D eigenvalue weighted by Gasteiger charge is 2.30. The second-order valence-corrected chi connectivity index (χ2v) is 7.06. The number of unbranched alkanes of at least 4 members (excludes halogenated alkanes) is 1. The Morgan fingerprint density at radius 3 is 2.50 bits per heavy atom. The Labute approximate surface area is 155 Å². The van der Waals surface area contributed by atoms with E-state index in [1.54, 1.807) is 0 Å². The zero-order valence-corrected chi connectivity index (χ0v) is 15.2. The Morgan fingerprint density at radius 1 is 0.962 bits per heavy atom. The van der Waals surface area contributed by atoms with Crippen LogP contribution in [0.1, 0.15) is 42.9 Å². The fraction of sp³-hybridized carbons (Fsp3) is 0.455. The lowest BCUT2D eigenvalue weighted by molar-refractivity contribution is 0.0385. The van der Waals surface area contributed by atoms with E-state index in [1.807, 2.05) is 24.3 Å². The molecule has 1 fully saturated rings. The van der Waals surface area contributed by atoms with E-state index in [9.17, 15) is 10.2 Å². The summed E-state index contributed by atoms with van der Waals surface area (Å²) < 4.78 is 0. The van der Waals surface area contributed by atoms with E-state index in [2.05, 4.69) is 29.2 Å². The van der Waals surface area contributed by atoms with Crippen molar-refractivity contribution in [3.8, 4) is 11.1 Å². The highest BCUT2D eigenvalue weighted by atomic mass is 16.3. The smallest absolute Gasteiger partial charge is 0.0691 e. The Kier molecular flexibility index (Phi) is 6.80. The summed E-state index contributed by atoms with van der Waals surface area (Å²) in [6.07, 6.45) is 2.90. The van der Waals surface area contributed by atoms with Crippen molar-refractivity contribution in [2.45, 2.75) is 44.4 Å². The van der Waals surface area contributed by atoms with Crippen LogP contribution in [0.15, 0.2) is 48.5 Å². The molecule has 0 saturated carbocycles. The van der Waals surface area contributed by atoms with Crippen molar-refractivity contribution in [3.05, 3.63) is 59.7 Å². The maximum atomic E-state index is 10.3. The zero-order valence-electron chi connectivity index (χ0n) is 15.2. The third-order valence-corrected chi connectivity index (χ3v) is 5.35. The van der Waals surface area contributed by atoms with Gasteiger partial charge in [0, 0.05) is 19.2 Å². The lowest BCUT2D eigenvalue weighted by atomic mass is 9.87. The minimum Gasteiger partial charge on any atom is -0.396 e. The van der Waals surface area contributed by atoms with Crippen LogP contribution in [0.5, 0.6) is 0 Å². The van der Waals surface area contributed by atoms with E-state index < -0.39 is 0 Å². The topological polar surface area (TPSA) is 63.9 Å². The summed E-state index contributed by atoms with van der Waals surface area (Å²) in [7, 11) is 0. The van der Waals surface area contributed by atoms with Crippen LogP contribution in [-0.2, 0) is 6.61 Å². The van der Waals surface area contributed by atoms with Crippen LogP contribution in [0.3, 0.4) is 0 Å². The molecule has 2 aromatic rings. The van der Waals surface area contributed by atoms with Gasteiger partial charge in [-0.25, -0.2) is 0 Å². The van der Waals surface area contributed by atoms with Crippen LogP contribution in [-0.4, -0.2) is 46.0 Å².